The minimum absolute atomic E-state index is 0.0842. The largest absolute Gasteiger partial charge is 0.494 e. The summed E-state index contributed by atoms with van der Waals surface area (Å²) in [5.41, 5.74) is 0.270. The van der Waals surface area contributed by atoms with E-state index in [9.17, 15) is 16.8 Å². The van der Waals surface area contributed by atoms with Crippen LogP contribution in [0.15, 0.2) is 58.3 Å². The molecule has 2 aromatic rings. The molecular weight excluding hydrogens is 364 g/mol. The highest BCUT2D eigenvalue weighted by molar-refractivity contribution is 7.92. The van der Waals surface area contributed by atoms with Crippen molar-refractivity contribution in [3.05, 3.63) is 48.5 Å². The van der Waals surface area contributed by atoms with E-state index in [4.69, 9.17) is 4.74 Å². The monoisotopic (exact) mass is 384 g/mol. The van der Waals surface area contributed by atoms with Crippen LogP contribution in [-0.4, -0.2) is 41.8 Å². The lowest BCUT2D eigenvalue weighted by Crippen LogP contribution is -2.22. The lowest BCUT2D eigenvalue weighted by atomic mass is 10.3. The Balaban J connectivity index is 2.20. The highest BCUT2D eigenvalue weighted by Crippen LogP contribution is 2.21. The number of anilines is 1. The van der Waals surface area contributed by atoms with E-state index in [0.29, 0.717) is 12.4 Å². The summed E-state index contributed by atoms with van der Waals surface area (Å²) in [7, 11) is -4.48. The molecule has 0 saturated heterocycles. The van der Waals surface area contributed by atoms with Crippen LogP contribution in [0.1, 0.15) is 6.92 Å². The van der Waals surface area contributed by atoms with Gasteiger partial charge in [-0.05, 0) is 55.5 Å². The van der Waals surface area contributed by atoms with Gasteiger partial charge in [0.15, 0.2) is 0 Å². The average molecular weight is 384 g/mol. The molecule has 0 radical (unpaired) electrons. The summed E-state index contributed by atoms with van der Waals surface area (Å²) >= 11 is 0. The molecule has 7 nitrogen and oxygen atoms in total. The molecule has 2 rings (SSSR count). The molecule has 0 aliphatic rings. The maximum atomic E-state index is 12.4. The molecule has 25 heavy (non-hydrogen) atoms. The van der Waals surface area contributed by atoms with Crippen LogP contribution < -0.4 is 9.46 Å². The van der Waals surface area contributed by atoms with E-state index in [1.54, 1.807) is 12.1 Å². The highest BCUT2D eigenvalue weighted by Gasteiger charge is 2.18. The highest BCUT2D eigenvalue weighted by atomic mass is 32.2. The van der Waals surface area contributed by atoms with Gasteiger partial charge in [-0.15, -0.1) is 0 Å². The molecule has 0 aromatic heterocycles. The molecule has 0 saturated carbocycles. The Bertz CT molecular complexity index is 919. The quantitative estimate of drug-likeness (QED) is 0.789. The number of nitrogens with one attached hydrogen (secondary N) is 1. The number of sulfonamides is 2. The molecule has 0 heterocycles. The first-order valence-corrected chi connectivity index (χ1v) is 10.4. The molecule has 136 valence electrons. The van der Waals surface area contributed by atoms with Crippen molar-refractivity contribution in [1.29, 1.82) is 0 Å². The first-order valence-electron chi connectivity index (χ1n) is 7.45. The Morgan fingerprint density at radius 2 is 1.40 bits per heavy atom. The van der Waals surface area contributed by atoms with Crippen molar-refractivity contribution in [3.8, 4) is 5.75 Å². The van der Waals surface area contributed by atoms with E-state index in [-0.39, 0.29) is 15.5 Å². The van der Waals surface area contributed by atoms with E-state index in [0.717, 1.165) is 4.31 Å². The van der Waals surface area contributed by atoms with Gasteiger partial charge in [0.2, 0.25) is 10.0 Å². The van der Waals surface area contributed by atoms with Crippen LogP contribution in [0, 0.1) is 0 Å². The van der Waals surface area contributed by atoms with Crippen LogP contribution in [0.2, 0.25) is 0 Å². The summed E-state index contributed by atoms with van der Waals surface area (Å²) in [4.78, 5) is 0.169. The molecule has 0 bridgehead atoms. The van der Waals surface area contributed by atoms with Crippen LogP contribution in [-0.2, 0) is 20.0 Å². The Kier molecular flexibility index (Phi) is 5.71. The Hall–Kier alpha value is -2.10. The minimum Gasteiger partial charge on any atom is -0.494 e. The Morgan fingerprint density at radius 3 is 1.88 bits per heavy atom. The van der Waals surface area contributed by atoms with Crippen molar-refractivity contribution >= 4 is 25.7 Å². The van der Waals surface area contributed by atoms with Gasteiger partial charge < -0.3 is 4.74 Å². The second-order valence-electron chi connectivity index (χ2n) is 5.32. The van der Waals surface area contributed by atoms with E-state index >= 15 is 0 Å². The third kappa shape index (κ3) is 4.50. The van der Waals surface area contributed by atoms with Gasteiger partial charge in [0.05, 0.1) is 16.4 Å². The molecular formula is C16H20N2O5S2. The van der Waals surface area contributed by atoms with Crippen LogP contribution in [0.4, 0.5) is 5.69 Å². The molecule has 9 heteroatoms. The number of hydrogen-bond donors (Lipinski definition) is 1. The average Bonchev–Trinajstić information content (AvgIpc) is 2.55. The third-order valence-electron chi connectivity index (χ3n) is 3.33. The smallest absolute Gasteiger partial charge is 0.261 e. The number of nitrogens with zero attached hydrogens (tertiary/aromatic N) is 1. The van der Waals surface area contributed by atoms with Crippen molar-refractivity contribution in [2.45, 2.75) is 16.7 Å². The van der Waals surface area contributed by atoms with Gasteiger partial charge in [0.25, 0.3) is 10.0 Å². The van der Waals surface area contributed by atoms with Gasteiger partial charge in [-0.3, -0.25) is 4.72 Å². The summed E-state index contributed by atoms with van der Waals surface area (Å²) in [5, 5.41) is 0. The van der Waals surface area contributed by atoms with E-state index in [1.807, 2.05) is 6.92 Å². The maximum absolute atomic E-state index is 12.4. The predicted octanol–water partition coefficient (Wildman–Crippen LogP) is 2.14. The molecule has 0 aliphatic heterocycles. The molecule has 0 amide bonds. The molecule has 2 aromatic carbocycles. The summed E-state index contributed by atoms with van der Waals surface area (Å²) in [5.74, 6) is 0.583. The zero-order valence-electron chi connectivity index (χ0n) is 14.1. The summed E-state index contributed by atoms with van der Waals surface area (Å²) in [6.07, 6.45) is 0. The van der Waals surface area contributed by atoms with Crippen molar-refractivity contribution in [3.63, 3.8) is 0 Å². The Morgan fingerprint density at radius 1 is 0.880 bits per heavy atom. The lowest BCUT2D eigenvalue weighted by Gasteiger charge is -2.12. The zero-order valence-corrected chi connectivity index (χ0v) is 15.8. The van der Waals surface area contributed by atoms with Crippen molar-refractivity contribution in [2.24, 2.45) is 0 Å². The van der Waals surface area contributed by atoms with Gasteiger partial charge in [-0.2, -0.15) is 0 Å². The summed E-state index contributed by atoms with van der Waals surface area (Å²) in [6.45, 7) is 2.33. The predicted molar refractivity (Wildman–Crippen MR) is 95.7 cm³/mol. The molecule has 0 aliphatic carbocycles. The van der Waals surface area contributed by atoms with Gasteiger partial charge in [-0.1, -0.05) is 0 Å². The first-order chi connectivity index (χ1) is 11.7. The van der Waals surface area contributed by atoms with Crippen LogP contribution in [0.5, 0.6) is 5.75 Å². The van der Waals surface area contributed by atoms with Crippen molar-refractivity contribution < 1.29 is 21.6 Å². The number of ether oxygens (including phenoxy) is 1. The molecule has 0 fully saturated rings. The molecule has 0 atom stereocenters. The van der Waals surface area contributed by atoms with Crippen LogP contribution >= 0.6 is 0 Å². The lowest BCUT2D eigenvalue weighted by molar-refractivity contribution is 0.340. The second kappa shape index (κ2) is 7.42. The van der Waals surface area contributed by atoms with Gasteiger partial charge in [-0.25, -0.2) is 21.1 Å². The van der Waals surface area contributed by atoms with Crippen molar-refractivity contribution in [1.82, 2.24) is 4.31 Å². The van der Waals surface area contributed by atoms with Crippen LogP contribution in [0.25, 0.3) is 0 Å². The number of hydrogen-bond acceptors (Lipinski definition) is 5. The van der Waals surface area contributed by atoms with E-state index in [1.165, 1.54) is 50.5 Å². The number of rotatable bonds is 7. The maximum Gasteiger partial charge on any atom is 0.261 e. The SMILES string of the molecule is CCOc1ccc(S(=O)(=O)Nc2ccc(S(=O)(=O)N(C)C)cc2)cc1. The van der Waals surface area contributed by atoms with E-state index in [2.05, 4.69) is 4.72 Å². The normalized spacial score (nSPS) is 12.2. The van der Waals surface area contributed by atoms with Gasteiger partial charge >= 0.3 is 0 Å². The molecule has 0 unspecified atom stereocenters. The Labute approximate surface area is 148 Å². The van der Waals surface area contributed by atoms with Crippen LogP contribution in [0.3, 0.4) is 0 Å². The summed E-state index contributed by atoms with van der Waals surface area (Å²) < 4.78 is 57.6. The zero-order chi connectivity index (χ0) is 18.7. The minimum atomic E-state index is -3.78. The molecule has 1 N–H and O–H groups in total. The third-order valence-corrected chi connectivity index (χ3v) is 6.56. The fourth-order valence-electron chi connectivity index (χ4n) is 2.00. The molecule has 0 spiro atoms. The number of benzene rings is 2. The standard InChI is InChI=1S/C16H20N2O5S2/c1-4-23-14-7-11-15(12-8-14)24(19,20)17-13-5-9-16(10-6-13)25(21,22)18(2)3/h5-12,17H,4H2,1-3H3. The van der Waals surface area contributed by atoms with Crippen molar-refractivity contribution in [2.75, 3.05) is 25.4 Å². The first kappa shape index (κ1) is 19.2. The second-order valence-corrected chi connectivity index (χ2v) is 9.16. The fourth-order valence-corrected chi connectivity index (χ4v) is 3.96. The topological polar surface area (TPSA) is 92.8 Å². The summed E-state index contributed by atoms with van der Waals surface area (Å²) in [6, 6.07) is 11.5. The van der Waals surface area contributed by atoms with E-state index < -0.39 is 20.0 Å². The van der Waals surface area contributed by atoms with Gasteiger partial charge in [0, 0.05) is 19.8 Å². The van der Waals surface area contributed by atoms with Gasteiger partial charge in [0.1, 0.15) is 5.75 Å². The fraction of sp³-hybridized carbons (Fsp3) is 0.250.